The van der Waals surface area contributed by atoms with Crippen LogP contribution in [0, 0.1) is 18.3 Å². The molecule has 0 aliphatic carbocycles. The number of aromatic nitrogens is 2. The standard InChI is InChI=1S/C23H33N3O2/c1-16-9-11-18(12-10-16)21-24-22(28-25-21)19-8-6-7-13-26(19)20(27)14-17(2)15-23(3,4)5/h9-12,17,19H,6-8,13-15H2,1-5H3. The number of hydrogen-bond acceptors (Lipinski definition) is 4. The van der Waals surface area contributed by atoms with Crippen molar-refractivity contribution < 1.29 is 9.32 Å². The van der Waals surface area contributed by atoms with Gasteiger partial charge in [-0.2, -0.15) is 4.98 Å². The van der Waals surface area contributed by atoms with Crippen LogP contribution in [-0.4, -0.2) is 27.5 Å². The fourth-order valence-corrected chi connectivity index (χ4v) is 4.21. The Kier molecular flexibility index (Phi) is 6.21. The summed E-state index contributed by atoms with van der Waals surface area (Å²) in [6, 6.07) is 7.98. The van der Waals surface area contributed by atoms with Crippen LogP contribution < -0.4 is 0 Å². The van der Waals surface area contributed by atoms with Gasteiger partial charge in [0.15, 0.2) is 0 Å². The minimum Gasteiger partial charge on any atom is -0.337 e. The fraction of sp³-hybridized carbons (Fsp3) is 0.609. The molecule has 1 aromatic heterocycles. The lowest BCUT2D eigenvalue weighted by Gasteiger charge is -2.34. The van der Waals surface area contributed by atoms with Crippen molar-refractivity contribution in [1.29, 1.82) is 0 Å². The van der Waals surface area contributed by atoms with E-state index in [1.165, 1.54) is 5.56 Å². The Labute approximate surface area is 168 Å². The average molecular weight is 384 g/mol. The Bertz CT molecular complexity index is 789. The zero-order valence-corrected chi connectivity index (χ0v) is 17.9. The highest BCUT2D eigenvalue weighted by atomic mass is 16.5. The number of amides is 1. The van der Waals surface area contributed by atoms with Crippen LogP contribution in [0.4, 0.5) is 0 Å². The molecule has 0 spiro atoms. The molecular weight excluding hydrogens is 350 g/mol. The van der Waals surface area contributed by atoms with Crippen molar-refractivity contribution in [3.63, 3.8) is 0 Å². The molecule has 2 aromatic rings. The zero-order valence-electron chi connectivity index (χ0n) is 17.9. The second-order valence-corrected chi connectivity index (χ2v) is 9.50. The lowest BCUT2D eigenvalue weighted by atomic mass is 9.84. The summed E-state index contributed by atoms with van der Waals surface area (Å²) >= 11 is 0. The van der Waals surface area contributed by atoms with Gasteiger partial charge in [0, 0.05) is 18.5 Å². The number of carbonyl (C=O) groups excluding carboxylic acids is 1. The molecule has 1 aliphatic heterocycles. The van der Waals surface area contributed by atoms with Crippen LogP contribution in [0.5, 0.6) is 0 Å². The van der Waals surface area contributed by atoms with Crippen LogP contribution in [0.25, 0.3) is 11.4 Å². The molecule has 152 valence electrons. The first kappa shape index (κ1) is 20.6. The van der Waals surface area contributed by atoms with E-state index in [0.29, 0.717) is 24.1 Å². The lowest BCUT2D eigenvalue weighted by Crippen LogP contribution is -2.39. The Hall–Kier alpha value is -2.17. The van der Waals surface area contributed by atoms with E-state index < -0.39 is 0 Å². The van der Waals surface area contributed by atoms with E-state index >= 15 is 0 Å². The van der Waals surface area contributed by atoms with Crippen molar-refractivity contribution >= 4 is 5.91 Å². The molecule has 3 rings (SSSR count). The molecule has 28 heavy (non-hydrogen) atoms. The van der Waals surface area contributed by atoms with Crippen molar-refractivity contribution in [2.45, 2.75) is 72.8 Å². The number of piperidine rings is 1. The summed E-state index contributed by atoms with van der Waals surface area (Å²) in [7, 11) is 0. The molecule has 2 heterocycles. The van der Waals surface area contributed by atoms with Crippen LogP contribution in [0.2, 0.25) is 0 Å². The predicted octanol–water partition coefficient (Wildman–Crippen LogP) is 5.56. The highest BCUT2D eigenvalue weighted by Crippen LogP contribution is 2.33. The first-order chi connectivity index (χ1) is 13.2. The number of benzene rings is 1. The third-order valence-corrected chi connectivity index (χ3v) is 5.34. The maximum Gasteiger partial charge on any atom is 0.249 e. The monoisotopic (exact) mass is 383 g/mol. The normalized spacial score (nSPS) is 18.9. The van der Waals surface area contributed by atoms with Gasteiger partial charge in [-0.05, 0) is 43.9 Å². The van der Waals surface area contributed by atoms with E-state index in [1.807, 2.05) is 29.2 Å². The summed E-state index contributed by atoms with van der Waals surface area (Å²) in [6.45, 7) is 11.7. The second kappa shape index (κ2) is 8.46. The molecule has 5 heteroatoms. The maximum absolute atomic E-state index is 13.0. The largest absolute Gasteiger partial charge is 0.337 e. The van der Waals surface area contributed by atoms with E-state index in [9.17, 15) is 4.79 Å². The van der Waals surface area contributed by atoms with Gasteiger partial charge in [-0.15, -0.1) is 0 Å². The van der Waals surface area contributed by atoms with Crippen molar-refractivity contribution in [3.8, 4) is 11.4 Å². The van der Waals surface area contributed by atoms with Gasteiger partial charge >= 0.3 is 0 Å². The molecule has 0 radical (unpaired) electrons. The number of carbonyl (C=O) groups is 1. The molecule has 2 unspecified atom stereocenters. The summed E-state index contributed by atoms with van der Waals surface area (Å²) in [5.41, 5.74) is 2.37. The number of aryl methyl sites for hydroxylation is 1. The van der Waals surface area contributed by atoms with Crippen LogP contribution in [0.15, 0.2) is 28.8 Å². The van der Waals surface area contributed by atoms with Gasteiger partial charge in [-0.3, -0.25) is 4.79 Å². The van der Waals surface area contributed by atoms with Crippen LogP contribution in [0.1, 0.15) is 77.3 Å². The molecule has 1 aromatic carbocycles. The van der Waals surface area contributed by atoms with E-state index in [-0.39, 0.29) is 17.4 Å². The van der Waals surface area contributed by atoms with Crippen LogP contribution in [-0.2, 0) is 4.79 Å². The predicted molar refractivity (Wildman–Crippen MR) is 111 cm³/mol. The third kappa shape index (κ3) is 5.21. The quantitative estimate of drug-likeness (QED) is 0.678. The first-order valence-corrected chi connectivity index (χ1v) is 10.4. The average Bonchev–Trinajstić information content (AvgIpc) is 3.10. The third-order valence-electron chi connectivity index (χ3n) is 5.34. The Morgan fingerprint density at radius 1 is 1.25 bits per heavy atom. The molecule has 1 amide bonds. The van der Waals surface area contributed by atoms with Gasteiger partial charge in [-0.1, -0.05) is 62.7 Å². The van der Waals surface area contributed by atoms with Crippen LogP contribution in [0.3, 0.4) is 0 Å². The number of rotatable bonds is 5. The second-order valence-electron chi connectivity index (χ2n) is 9.50. The van der Waals surface area contributed by atoms with Gasteiger partial charge in [0.05, 0.1) is 0 Å². The first-order valence-electron chi connectivity index (χ1n) is 10.4. The smallest absolute Gasteiger partial charge is 0.249 e. The summed E-state index contributed by atoms with van der Waals surface area (Å²) in [5.74, 6) is 1.72. The summed E-state index contributed by atoms with van der Waals surface area (Å²) < 4.78 is 5.60. The van der Waals surface area contributed by atoms with E-state index in [1.54, 1.807) is 0 Å². The summed E-state index contributed by atoms with van der Waals surface area (Å²) in [5, 5.41) is 4.17. The topological polar surface area (TPSA) is 59.2 Å². The van der Waals surface area contributed by atoms with Crippen molar-refractivity contribution in [2.75, 3.05) is 6.54 Å². The van der Waals surface area contributed by atoms with Crippen molar-refractivity contribution in [2.24, 2.45) is 11.3 Å². The van der Waals surface area contributed by atoms with Gasteiger partial charge in [0.25, 0.3) is 0 Å². The van der Waals surface area contributed by atoms with Gasteiger partial charge in [0.2, 0.25) is 17.6 Å². The number of nitrogens with zero attached hydrogens (tertiary/aromatic N) is 3. The molecular formula is C23H33N3O2. The Morgan fingerprint density at radius 2 is 1.96 bits per heavy atom. The van der Waals surface area contributed by atoms with E-state index in [2.05, 4.69) is 44.8 Å². The summed E-state index contributed by atoms with van der Waals surface area (Å²) in [6.07, 6.45) is 4.61. The van der Waals surface area contributed by atoms with Gasteiger partial charge < -0.3 is 9.42 Å². The highest BCUT2D eigenvalue weighted by Gasteiger charge is 2.33. The fourth-order valence-electron chi connectivity index (χ4n) is 4.21. The van der Waals surface area contributed by atoms with E-state index in [0.717, 1.165) is 37.8 Å². The molecule has 0 N–H and O–H groups in total. The minimum absolute atomic E-state index is 0.102. The summed E-state index contributed by atoms with van der Waals surface area (Å²) in [4.78, 5) is 19.6. The van der Waals surface area contributed by atoms with Crippen molar-refractivity contribution in [3.05, 3.63) is 35.7 Å². The van der Waals surface area contributed by atoms with Gasteiger partial charge in [0.1, 0.15) is 6.04 Å². The SMILES string of the molecule is Cc1ccc(-c2noc(C3CCCCN3C(=O)CC(C)CC(C)(C)C)n2)cc1. The Morgan fingerprint density at radius 3 is 2.64 bits per heavy atom. The molecule has 2 atom stereocenters. The molecule has 1 saturated heterocycles. The van der Waals surface area contributed by atoms with Crippen LogP contribution >= 0.6 is 0 Å². The lowest BCUT2D eigenvalue weighted by molar-refractivity contribution is -0.136. The molecule has 1 fully saturated rings. The highest BCUT2D eigenvalue weighted by molar-refractivity contribution is 5.77. The number of hydrogen-bond donors (Lipinski definition) is 0. The molecule has 0 saturated carbocycles. The molecule has 0 bridgehead atoms. The molecule has 5 nitrogen and oxygen atoms in total. The van der Waals surface area contributed by atoms with Crippen molar-refractivity contribution in [1.82, 2.24) is 15.0 Å². The maximum atomic E-state index is 13.0. The zero-order chi connectivity index (χ0) is 20.3. The van der Waals surface area contributed by atoms with E-state index in [4.69, 9.17) is 4.52 Å². The Balaban J connectivity index is 1.73. The number of likely N-dealkylation sites (tertiary alicyclic amines) is 1. The minimum atomic E-state index is -0.102. The van der Waals surface area contributed by atoms with Gasteiger partial charge in [-0.25, -0.2) is 0 Å². The molecule has 1 aliphatic rings.